The Bertz CT molecular complexity index is 389. The van der Waals surface area contributed by atoms with E-state index in [0.29, 0.717) is 18.2 Å². The standard InChI is InChI=1S/C13H19NO2S/c1-3-16-13(15)11-8-17-12(14-11)10-6-4-5-9(2)7-10/h8-10H,3-7H2,1-2H3. The summed E-state index contributed by atoms with van der Waals surface area (Å²) in [7, 11) is 0. The molecule has 94 valence electrons. The fourth-order valence-corrected chi connectivity index (χ4v) is 3.37. The molecule has 1 aliphatic rings. The topological polar surface area (TPSA) is 39.2 Å². The number of esters is 1. The van der Waals surface area contributed by atoms with Crippen LogP contribution in [-0.4, -0.2) is 17.6 Å². The molecule has 0 radical (unpaired) electrons. The second kappa shape index (κ2) is 5.63. The van der Waals surface area contributed by atoms with E-state index in [2.05, 4.69) is 11.9 Å². The van der Waals surface area contributed by atoms with Gasteiger partial charge in [0.2, 0.25) is 0 Å². The first kappa shape index (κ1) is 12.6. The summed E-state index contributed by atoms with van der Waals surface area (Å²) in [6.45, 7) is 4.52. The lowest BCUT2D eigenvalue weighted by atomic mass is 9.83. The van der Waals surface area contributed by atoms with E-state index >= 15 is 0 Å². The third-order valence-corrected chi connectivity index (χ3v) is 4.30. The van der Waals surface area contributed by atoms with E-state index in [1.165, 1.54) is 25.7 Å². The number of nitrogens with zero attached hydrogens (tertiary/aromatic N) is 1. The Labute approximate surface area is 106 Å². The van der Waals surface area contributed by atoms with Crippen molar-refractivity contribution in [3.63, 3.8) is 0 Å². The summed E-state index contributed by atoms with van der Waals surface area (Å²) in [5.74, 6) is 1.04. The molecule has 0 amide bonds. The van der Waals surface area contributed by atoms with Crippen LogP contribution in [0.1, 0.15) is 60.9 Å². The van der Waals surface area contributed by atoms with Crippen LogP contribution in [0.15, 0.2) is 5.38 Å². The van der Waals surface area contributed by atoms with E-state index in [4.69, 9.17) is 4.74 Å². The largest absolute Gasteiger partial charge is 0.461 e. The van der Waals surface area contributed by atoms with E-state index in [1.807, 2.05) is 12.3 Å². The Morgan fingerprint density at radius 2 is 2.41 bits per heavy atom. The van der Waals surface area contributed by atoms with Gasteiger partial charge in [0.1, 0.15) is 0 Å². The highest BCUT2D eigenvalue weighted by Crippen LogP contribution is 2.37. The average Bonchev–Trinajstić information content (AvgIpc) is 2.78. The van der Waals surface area contributed by atoms with Gasteiger partial charge in [0.05, 0.1) is 11.6 Å². The monoisotopic (exact) mass is 253 g/mol. The second-order valence-electron chi connectivity index (χ2n) is 4.76. The molecule has 1 aromatic heterocycles. The quantitative estimate of drug-likeness (QED) is 0.772. The Morgan fingerprint density at radius 3 is 3.12 bits per heavy atom. The highest BCUT2D eigenvalue weighted by Gasteiger charge is 2.24. The molecule has 1 aromatic rings. The van der Waals surface area contributed by atoms with E-state index in [9.17, 15) is 4.79 Å². The molecule has 0 aliphatic heterocycles. The van der Waals surface area contributed by atoms with Gasteiger partial charge in [-0.25, -0.2) is 9.78 Å². The van der Waals surface area contributed by atoms with Crippen LogP contribution in [0.3, 0.4) is 0 Å². The Morgan fingerprint density at radius 1 is 1.59 bits per heavy atom. The summed E-state index contributed by atoms with van der Waals surface area (Å²) < 4.78 is 4.95. The number of thiazole rings is 1. The van der Waals surface area contributed by atoms with Gasteiger partial charge in [-0.3, -0.25) is 0 Å². The summed E-state index contributed by atoms with van der Waals surface area (Å²) in [5.41, 5.74) is 0.477. The molecule has 0 aromatic carbocycles. The summed E-state index contributed by atoms with van der Waals surface area (Å²) >= 11 is 1.60. The minimum Gasteiger partial charge on any atom is -0.461 e. The lowest BCUT2D eigenvalue weighted by Crippen LogP contribution is -2.12. The van der Waals surface area contributed by atoms with Gasteiger partial charge in [0, 0.05) is 11.3 Å². The van der Waals surface area contributed by atoms with Gasteiger partial charge in [-0.15, -0.1) is 11.3 Å². The summed E-state index contributed by atoms with van der Waals surface area (Å²) in [6.07, 6.45) is 5.02. The van der Waals surface area contributed by atoms with Gasteiger partial charge < -0.3 is 4.74 Å². The molecule has 0 N–H and O–H groups in total. The van der Waals surface area contributed by atoms with Gasteiger partial charge >= 0.3 is 5.97 Å². The normalized spacial score (nSPS) is 24.6. The summed E-state index contributed by atoms with van der Waals surface area (Å²) in [6, 6.07) is 0. The van der Waals surface area contributed by atoms with Crippen LogP contribution >= 0.6 is 11.3 Å². The van der Waals surface area contributed by atoms with Crippen LogP contribution in [0, 0.1) is 5.92 Å². The van der Waals surface area contributed by atoms with Crippen molar-refractivity contribution in [3.05, 3.63) is 16.1 Å². The minimum absolute atomic E-state index is 0.293. The third-order valence-electron chi connectivity index (χ3n) is 3.29. The van der Waals surface area contributed by atoms with Crippen molar-refractivity contribution in [3.8, 4) is 0 Å². The van der Waals surface area contributed by atoms with Crippen molar-refractivity contribution in [1.82, 2.24) is 4.98 Å². The number of ether oxygens (including phenoxy) is 1. The zero-order valence-corrected chi connectivity index (χ0v) is 11.3. The Hall–Kier alpha value is -0.900. The first-order valence-corrected chi connectivity index (χ1v) is 7.21. The number of carbonyl (C=O) groups is 1. The molecule has 0 saturated heterocycles. The maximum atomic E-state index is 11.5. The molecule has 2 atom stereocenters. The third kappa shape index (κ3) is 3.06. The fourth-order valence-electron chi connectivity index (χ4n) is 2.43. The van der Waals surface area contributed by atoms with E-state index in [-0.39, 0.29) is 5.97 Å². The lowest BCUT2D eigenvalue weighted by Gasteiger charge is -2.24. The maximum absolute atomic E-state index is 11.5. The molecule has 0 spiro atoms. The summed E-state index contributed by atoms with van der Waals surface area (Å²) in [4.78, 5) is 16.0. The highest BCUT2D eigenvalue weighted by molar-refractivity contribution is 7.09. The molecule has 1 aliphatic carbocycles. The van der Waals surface area contributed by atoms with E-state index in [1.54, 1.807) is 11.3 Å². The van der Waals surface area contributed by atoms with Crippen LogP contribution in [0.4, 0.5) is 0 Å². The van der Waals surface area contributed by atoms with Crippen LogP contribution in [0.2, 0.25) is 0 Å². The van der Waals surface area contributed by atoms with Gasteiger partial charge in [-0.05, 0) is 25.7 Å². The highest BCUT2D eigenvalue weighted by atomic mass is 32.1. The average molecular weight is 253 g/mol. The van der Waals surface area contributed by atoms with Crippen molar-refractivity contribution in [1.29, 1.82) is 0 Å². The molecule has 1 saturated carbocycles. The van der Waals surface area contributed by atoms with Crippen molar-refractivity contribution >= 4 is 17.3 Å². The molecular formula is C13H19NO2S. The fraction of sp³-hybridized carbons (Fsp3) is 0.692. The number of carbonyl (C=O) groups excluding carboxylic acids is 1. The molecule has 3 nitrogen and oxygen atoms in total. The molecule has 4 heteroatoms. The van der Waals surface area contributed by atoms with Gasteiger partial charge in [0.25, 0.3) is 0 Å². The predicted octanol–water partition coefficient (Wildman–Crippen LogP) is 3.61. The molecule has 2 rings (SSSR count). The van der Waals surface area contributed by atoms with Crippen molar-refractivity contribution < 1.29 is 9.53 Å². The smallest absolute Gasteiger partial charge is 0.357 e. The zero-order chi connectivity index (χ0) is 12.3. The molecular weight excluding hydrogens is 234 g/mol. The summed E-state index contributed by atoms with van der Waals surface area (Å²) in [5, 5.41) is 2.94. The van der Waals surface area contributed by atoms with E-state index < -0.39 is 0 Å². The molecule has 17 heavy (non-hydrogen) atoms. The minimum atomic E-state index is -0.293. The predicted molar refractivity (Wildman–Crippen MR) is 68.4 cm³/mol. The first-order chi connectivity index (χ1) is 8.20. The number of aromatic nitrogens is 1. The number of hydrogen-bond donors (Lipinski definition) is 0. The maximum Gasteiger partial charge on any atom is 0.357 e. The van der Waals surface area contributed by atoms with Crippen LogP contribution < -0.4 is 0 Å². The number of hydrogen-bond acceptors (Lipinski definition) is 4. The number of rotatable bonds is 3. The van der Waals surface area contributed by atoms with Crippen LogP contribution in [0.5, 0.6) is 0 Å². The van der Waals surface area contributed by atoms with Crippen LogP contribution in [-0.2, 0) is 4.74 Å². The van der Waals surface area contributed by atoms with Gasteiger partial charge in [0.15, 0.2) is 5.69 Å². The molecule has 2 unspecified atom stereocenters. The molecule has 1 fully saturated rings. The van der Waals surface area contributed by atoms with Gasteiger partial charge in [-0.2, -0.15) is 0 Å². The Balaban J connectivity index is 2.04. The molecule has 0 bridgehead atoms. The SMILES string of the molecule is CCOC(=O)c1csc(C2CCCC(C)C2)n1. The van der Waals surface area contributed by atoms with Gasteiger partial charge in [-0.1, -0.05) is 19.8 Å². The van der Waals surface area contributed by atoms with Crippen molar-refractivity contribution in [2.45, 2.75) is 45.4 Å². The Kier molecular flexibility index (Phi) is 4.15. The molecule has 1 heterocycles. The first-order valence-electron chi connectivity index (χ1n) is 6.33. The van der Waals surface area contributed by atoms with Crippen molar-refractivity contribution in [2.24, 2.45) is 5.92 Å². The second-order valence-corrected chi connectivity index (χ2v) is 5.65. The van der Waals surface area contributed by atoms with Crippen LogP contribution in [0.25, 0.3) is 0 Å². The van der Waals surface area contributed by atoms with Crippen molar-refractivity contribution in [2.75, 3.05) is 6.61 Å². The lowest BCUT2D eigenvalue weighted by molar-refractivity contribution is 0.0520. The zero-order valence-electron chi connectivity index (χ0n) is 10.4. The van der Waals surface area contributed by atoms with E-state index in [0.717, 1.165) is 10.9 Å².